The fraction of sp³-hybridized carbons (Fsp3) is 0.233. The van der Waals surface area contributed by atoms with E-state index in [0.717, 1.165) is 12.6 Å². The van der Waals surface area contributed by atoms with Crippen molar-refractivity contribution in [3.63, 3.8) is 0 Å². The first kappa shape index (κ1) is 27.8. The molecule has 1 unspecified atom stereocenters. The molecule has 2 aliphatic heterocycles. The molecule has 3 heterocycles. The molecule has 1 saturated heterocycles. The number of aromatic nitrogens is 2. The summed E-state index contributed by atoms with van der Waals surface area (Å²) in [7, 11) is 0. The molecule has 6 rings (SSSR count). The van der Waals surface area contributed by atoms with Gasteiger partial charge < -0.3 is 19.1 Å². The Morgan fingerprint density at radius 3 is 2.60 bits per heavy atom. The van der Waals surface area contributed by atoms with E-state index in [0.29, 0.717) is 40.7 Å². The van der Waals surface area contributed by atoms with E-state index >= 15 is 4.39 Å². The van der Waals surface area contributed by atoms with Crippen molar-refractivity contribution in [1.29, 1.82) is 0 Å². The number of hydrogen-bond donors (Lipinski definition) is 1. The number of carbonyl (C=O) groups is 1. The number of ether oxygens (including phenoxy) is 2. The number of fused-ring (bicyclic) bond motifs is 1. The van der Waals surface area contributed by atoms with Crippen molar-refractivity contribution in [2.24, 2.45) is 4.99 Å². The van der Waals surface area contributed by atoms with Crippen LogP contribution in [0.1, 0.15) is 45.5 Å². The lowest BCUT2D eigenvalue weighted by molar-refractivity contribution is -0.0589. The van der Waals surface area contributed by atoms with E-state index in [4.69, 9.17) is 21.1 Å². The topological polar surface area (TPSA) is 89.2 Å². The third-order valence-corrected chi connectivity index (χ3v) is 7.45. The molecule has 0 bridgehead atoms. The maximum Gasteiger partial charge on any atom is 0.335 e. The molecule has 2 aliphatic rings. The largest absolute Gasteiger partial charge is 0.478 e. The van der Waals surface area contributed by atoms with Crippen LogP contribution in [-0.4, -0.2) is 44.4 Å². The van der Waals surface area contributed by atoms with Crippen molar-refractivity contribution in [3.8, 4) is 0 Å². The van der Waals surface area contributed by atoms with Gasteiger partial charge in [-0.3, -0.25) is 0 Å². The van der Waals surface area contributed by atoms with E-state index in [1.807, 2.05) is 4.57 Å². The zero-order valence-electron chi connectivity index (χ0n) is 22.0. The second kappa shape index (κ2) is 11.5. The standard InChI is InChI=1S/C30H24ClF3N4O4/c31-21-5-3-20(24(33)14-21)16-42-28-7-9-38(34)29(36-28)18-2-1-17(23(32)11-18)13-27-35-25-6-4-19(30(39)40)12-26(25)37(27)15-22-8-10-41-22/h1-7,9,11-12,14,22,29H,8,10,13,15-16H2,(H,39,40)/t22-,29?/m0/s1. The first-order chi connectivity index (χ1) is 20.2. The van der Waals surface area contributed by atoms with Crippen molar-refractivity contribution in [3.05, 3.63) is 112 Å². The van der Waals surface area contributed by atoms with Gasteiger partial charge in [0.2, 0.25) is 5.90 Å². The number of rotatable bonds is 8. The van der Waals surface area contributed by atoms with Crippen LogP contribution in [0.2, 0.25) is 5.02 Å². The minimum atomic E-state index is -1.21. The van der Waals surface area contributed by atoms with Crippen LogP contribution in [0.15, 0.2) is 71.9 Å². The number of imidazole rings is 1. The Morgan fingerprint density at radius 2 is 1.88 bits per heavy atom. The van der Waals surface area contributed by atoms with Gasteiger partial charge in [0.15, 0.2) is 6.17 Å². The van der Waals surface area contributed by atoms with Crippen molar-refractivity contribution < 1.29 is 32.6 Å². The lowest BCUT2D eigenvalue weighted by atomic mass is 10.1. The molecular formula is C30H24ClF3N4O4. The van der Waals surface area contributed by atoms with Crippen LogP contribution in [0.5, 0.6) is 0 Å². The number of aromatic carboxylic acids is 1. The second-order valence-electron chi connectivity index (χ2n) is 9.98. The maximum atomic E-state index is 15.4. The van der Waals surface area contributed by atoms with Crippen molar-refractivity contribution in [2.45, 2.75) is 38.3 Å². The number of benzene rings is 3. The Morgan fingerprint density at radius 1 is 1.10 bits per heavy atom. The Bertz CT molecular complexity index is 1740. The number of nitrogens with zero attached hydrogens (tertiary/aromatic N) is 4. The Hall–Kier alpha value is -4.35. The zero-order valence-corrected chi connectivity index (χ0v) is 22.8. The molecule has 1 aromatic heterocycles. The molecule has 0 spiro atoms. The van der Waals surface area contributed by atoms with E-state index in [2.05, 4.69) is 9.98 Å². The van der Waals surface area contributed by atoms with Crippen LogP contribution < -0.4 is 0 Å². The van der Waals surface area contributed by atoms with Gasteiger partial charge in [-0.25, -0.2) is 23.6 Å². The molecule has 0 amide bonds. The predicted octanol–water partition coefficient (Wildman–Crippen LogP) is 6.37. The lowest BCUT2D eigenvalue weighted by Crippen LogP contribution is -2.31. The molecule has 12 heteroatoms. The number of carboxylic acid groups (broad SMARTS) is 1. The molecule has 42 heavy (non-hydrogen) atoms. The van der Waals surface area contributed by atoms with Gasteiger partial charge in [-0.15, -0.1) is 0 Å². The third kappa shape index (κ3) is 5.70. The van der Waals surface area contributed by atoms with Crippen LogP contribution in [0.3, 0.4) is 0 Å². The monoisotopic (exact) mass is 596 g/mol. The van der Waals surface area contributed by atoms with Gasteiger partial charge >= 0.3 is 5.97 Å². The number of halogens is 4. The summed E-state index contributed by atoms with van der Waals surface area (Å²) < 4.78 is 57.2. The smallest absolute Gasteiger partial charge is 0.335 e. The van der Waals surface area contributed by atoms with Crippen molar-refractivity contribution in [2.75, 3.05) is 6.61 Å². The highest BCUT2D eigenvalue weighted by Crippen LogP contribution is 2.30. The molecule has 0 radical (unpaired) electrons. The molecule has 1 N–H and O–H groups in total. The molecule has 4 aromatic rings. The van der Waals surface area contributed by atoms with E-state index in [-0.39, 0.29) is 46.7 Å². The number of carboxylic acids is 1. The predicted molar refractivity (Wildman–Crippen MR) is 149 cm³/mol. The van der Waals surface area contributed by atoms with Gasteiger partial charge in [0.25, 0.3) is 0 Å². The van der Waals surface area contributed by atoms with E-state index in [1.54, 1.807) is 24.3 Å². The normalized spacial score (nSPS) is 18.2. The Labute approximate surface area is 243 Å². The minimum absolute atomic E-state index is 0.0396. The van der Waals surface area contributed by atoms with Crippen LogP contribution in [0.25, 0.3) is 11.0 Å². The SMILES string of the molecule is O=C(O)c1ccc2nc(Cc3ccc(C4N=C(OCc5ccc(Cl)cc5F)C=CN4F)cc3F)n(C[C@@H]3CCO3)c2c1. The van der Waals surface area contributed by atoms with Crippen molar-refractivity contribution >= 4 is 34.5 Å². The maximum absolute atomic E-state index is 15.4. The van der Waals surface area contributed by atoms with Gasteiger partial charge in [-0.2, -0.15) is 5.12 Å². The minimum Gasteiger partial charge on any atom is -0.478 e. The third-order valence-electron chi connectivity index (χ3n) is 7.21. The van der Waals surface area contributed by atoms with Gasteiger partial charge in [0.05, 0.1) is 29.2 Å². The van der Waals surface area contributed by atoms with Crippen LogP contribution in [-0.2, 0) is 29.0 Å². The summed E-state index contributed by atoms with van der Waals surface area (Å²) in [5, 5.41) is 10.0. The Balaban J connectivity index is 1.23. The van der Waals surface area contributed by atoms with E-state index in [1.165, 1.54) is 36.4 Å². The average molecular weight is 597 g/mol. The Kier molecular flexibility index (Phi) is 7.61. The van der Waals surface area contributed by atoms with Crippen molar-refractivity contribution in [1.82, 2.24) is 14.7 Å². The first-order valence-corrected chi connectivity index (χ1v) is 13.5. The summed E-state index contributed by atoms with van der Waals surface area (Å²) in [6.07, 6.45) is 2.12. The summed E-state index contributed by atoms with van der Waals surface area (Å²) in [5.41, 5.74) is 2.15. The fourth-order valence-electron chi connectivity index (χ4n) is 4.84. The van der Waals surface area contributed by atoms with Gasteiger partial charge in [-0.05, 0) is 48.4 Å². The molecule has 8 nitrogen and oxygen atoms in total. The highest BCUT2D eigenvalue weighted by Gasteiger charge is 2.25. The van der Waals surface area contributed by atoms with E-state index < -0.39 is 23.8 Å². The molecule has 3 aromatic carbocycles. The molecule has 0 aliphatic carbocycles. The summed E-state index contributed by atoms with van der Waals surface area (Å²) in [4.78, 5) is 20.4. The molecular weight excluding hydrogens is 573 g/mol. The van der Waals surface area contributed by atoms with E-state index in [9.17, 15) is 18.8 Å². The zero-order chi connectivity index (χ0) is 29.4. The molecule has 2 atom stereocenters. The number of aliphatic imine (C=N–C) groups is 1. The second-order valence-corrected chi connectivity index (χ2v) is 10.4. The van der Waals surface area contributed by atoms with Crippen LogP contribution in [0.4, 0.5) is 13.3 Å². The first-order valence-electron chi connectivity index (χ1n) is 13.1. The number of hydrogen-bond acceptors (Lipinski definition) is 6. The summed E-state index contributed by atoms with van der Waals surface area (Å²) >= 11 is 5.79. The van der Waals surface area contributed by atoms with Crippen LogP contribution >= 0.6 is 11.6 Å². The summed E-state index contributed by atoms with van der Waals surface area (Å²) in [6, 6.07) is 13.2. The highest BCUT2D eigenvalue weighted by atomic mass is 35.5. The quantitative estimate of drug-likeness (QED) is 0.238. The fourth-order valence-corrected chi connectivity index (χ4v) is 5.00. The summed E-state index contributed by atoms with van der Waals surface area (Å²) in [5.74, 6) is -1.58. The average Bonchev–Trinajstić information content (AvgIpc) is 3.28. The van der Waals surface area contributed by atoms with Crippen LogP contribution in [0, 0.1) is 11.6 Å². The lowest BCUT2D eigenvalue weighted by Gasteiger charge is -2.27. The van der Waals surface area contributed by atoms with Gasteiger partial charge in [-0.1, -0.05) is 34.3 Å². The summed E-state index contributed by atoms with van der Waals surface area (Å²) in [6.45, 7) is 0.953. The van der Waals surface area contributed by atoms with Gasteiger partial charge in [0.1, 0.15) is 24.1 Å². The van der Waals surface area contributed by atoms with Gasteiger partial charge in [0, 0.05) is 41.5 Å². The molecule has 1 fully saturated rings. The molecule has 216 valence electrons. The molecule has 0 saturated carbocycles. The highest BCUT2D eigenvalue weighted by molar-refractivity contribution is 6.30.